The Kier molecular flexibility index (Phi) is 3.38. The Balaban J connectivity index is 2.57. The molecule has 1 N–H and O–H groups in total. The van der Waals surface area contributed by atoms with Gasteiger partial charge in [0.1, 0.15) is 0 Å². The molecule has 1 aromatic carbocycles. The first-order chi connectivity index (χ1) is 5.70. The van der Waals surface area contributed by atoms with Crippen molar-refractivity contribution in [2.24, 2.45) is 0 Å². The van der Waals surface area contributed by atoms with E-state index >= 15 is 0 Å². The van der Waals surface area contributed by atoms with Crippen LogP contribution in [-0.2, 0) is 4.84 Å². The third-order valence-electron chi connectivity index (χ3n) is 1.28. The van der Waals surface area contributed by atoms with Crippen molar-refractivity contribution in [3.05, 3.63) is 29.3 Å². The maximum atomic E-state index is 5.87. The van der Waals surface area contributed by atoms with Crippen LogP contribution in [0.15, 0.2) is 24.3 Å². The molecule has 0 bridgehead atoms. The molecular weight excluding hydrogens is 174 g/mol. The maximum Gasteiger partial charge on any atom is 0.0797 e. The van der Waals surface area contributed by atoms with E-state index in [1.807, 2.05) is 38.1 Å². The number of hydrogen-bond acceptors (Lipinski definition) is 2. The second-order valence-corrected chi connectivity index (χ2v) is 3.16. The molecule has 0 atom stereocenters. The summed E-state index contributed by atoms with van der Waals surface area (Å²) in [5.74, 6) is 0. The Hall–Kier alpha value is -0.730. The van der Waals surface area contributed by atoms with Gasteiger partial charge in [0.2, 0.25) is 0 Å². The van der Waals surface area contributed by atoms with Gasteiger partial charge in [-0.2, -0.15) is 0 Å². The van der Waals surface area contributed by atoms with Gasteiger partial charge in [-0.25, -0.2) is 0 Å². The van der Waals surface area contributed by atoms with Crippen LogP contribution in [0.3, 0.4) is 0 Å². The fourth-order valence-corrected chi connectivity index (χ4v) is 0.900. The molecule has 0 amide bonds. The SMILES string of the molecule is CC(C)ONc1ccccc1Cl. The molecule has 0 aliphatic carbocycles. The van der Waals surface area contributed by atoms with E-state index in [9.17, 15) is 0 Å². The van der Waals surface area contributed by atoms with E-state index in [2.05, 4.69) is 5.48 Å². The highest BCUT2D eigenvalue weighted by Crippen LogP contribution is 2.20. The molecule has 66 valence electrons. The van der Waals surface area contributed by atoms with Gasteiger partial charge in [0.05, 0.1) is 16.8 Å². The first-order valence-corrected chi connectivity index (χ1v) is 4.24. The van der Waals surface area contributed by atoms with Gasteiger partial charge in [-0.3, -0.25) is 10.3 Å². The summed E-state index contributed by atoms with van der Waals surface area (Å²) in [5, 5.41) is 0.665. The molecule has 0 saturated heterocycles. The predicted octanol–water partition coefficient (Wildman–Crippen LogP) is 3.09. The highest BCUT2D eigenvalue weighted by Gasteiger charge is 1.98. The lowest BCUT2D eigenvalue weighted by molar-refractivity contribution is 0.130. The van der Waals surface area contributed by atoms with Gasteiger partial charge in [-0.15, -0.1) is 0 Å². The lowest BCUT2D eigenvalue weighted by Crippen LogP contribution is -2.08. The number of nitrogens with one attached hydrogen (secondary N) is 1. The van der Waals surface area contributed by atoms with E-state index in [-0.39, 0.29) is 6.10 Å². The van der Waals surface area contributed by atoms with E-state index in [4.69, 9.17) is 16.4 Å². The fourth-order valence-electron chi connectivity index (χ4n) is 0.725. The fraction of sp³-hybridized carbons (Fsp3) is 0.333. The minimum Gasteiger partial charge on any atom is -0.273 e. The minimum absolute atomic E-state index is 0.140. The zero-order valence-corrected chi connectivity index (χ0v) is 7.93. The van der Waals surface area contributed by atoms with E-state index in [1.165, 1.54) is 0 Å². The summed E-state index contributed by atoms with van der Waals surface area (Å²) in [7, 11) is 0. The maximum absolute atomic E-state index is 5.87. The molecule has 0 aromatic heterocycles. The van der Waals surface area contributed by atoms with Crippen molar-refractivity contribution in [1.82, 2.24) is 0 Å². The van der Waals surface area contributed by atoms with Gasteiger partial charge in [0.15, 0.2) is 0 Å². The van der Waals surface area contributed by atoms with Crippen LogP contribution >= 0.6 is 11.6 Å². The van der Waals surface area contributed by atoms with Crippen LogP contribution in [-0.4, -0.2) is 6.10 Å². The minimum atomic E-state index is 0.140. The van der Waals surface area contributed by atoms with Crippen LogP contribution in [0.2, 0.25) is 5.02 Å². The quantitative estimate of drug-likeness (QED) is 0.731. The highest BCUT2D eigenvalue weighted by molar-refractivity contribution is 6.33. The lowest BCUT2D eigenvalue weighted by Gasteiger charge is -2.10. The monoisotopic (exact) mass is 185 g/mol. The van der Waals surface area contributed by atoms with Crippen molar-refractivity contribution >= 4 is 17.3 Å². The zero-order valence-electron chi connectivity index (χ0n) is 7.17. The average Bonchev–Trinajstić information content (AvgIpc) is 2.03. The van der Waals surface area contributed by atoms with Crippen LogP contribution < -0.4 is 5.48 Å². The number of anilines is 1. The first-order valence-electron chi connectivity index (χ1n) is 3.86. The van der Waals surface area contributed by atoms with E-state index in [1.54, 1.807) is 0 Å². The average molecular weight is 186 g/mol. The van der Waals surface area contributed by atoms with Crippen LogP contribution in [0, 0.1) is 0 Å². The number of benzene rings is 1. The normalized spacial score (nSPS) is 10.3. The van der Waals surface area contributed by atoms with Gasteiger partial charge >= 0.3 is 0 Å². The lowest BCUT2D eigenvalue weighted by atomic mass is 10.3. The third kappa shape index (κ3) is 2.72. The van der Waals surface area contributed by atoms with E-state index in [0.717, 1.165) is 5.69 Å². The van der Waals surface area contributed by atoms with Crippen LogP contribution in [0.5, 0.6) is 0 Å². The summed E-state index contributed by atoms with van der Waals surface area (Å²) in [5.41, 5.74) is 3.58. The Morgan fingerprint density at radius 2 is 2.00 bits per heavy atom. The van der Waals surface area contributed by atoms with E-state index < -0.39 is 0 Å². The van der Waals surface area contributed by atoms with Gasteiger partial charge < -0.3 is 0 Å². The van der Waals surface area contributed by atoms with Crippen molar-refractivity contribution in [1.29, 1.82) is 0 Å². The van der Waals surface area contributed by atoms with Gasteiger partial charge in [-0.1, -0.05) is 23.7 Å². The van der Waals surface area contributed by atoms with Crippen LogP contribution in [0.4, 0.5) is 5.69 Å². The third-order valence-corrected chi connectivity index (χ3v) is 1.61. The standard InChI is InChI=1S/C9H12ClNO/c1-7(2)12-11-9-6-4-3-5-8(9)10/h3-7,11H,1-2H3. The van der Waals surface area contributed by atoms with Gasteiger partial charge in [0.25, 0.3) is 0 Å². The molecule has 0 radical (unpaired) electrons. The zero-order chi connectivity index (χ0) is 8.97. The summed E-state index contributed by atoms with van der Waals surface area (Å²) in [6.45, 7) is 3.90. The van der Waals surface area contributed by atoms with Gasteiger partial charge in [0, 0.05) is 0 Å². The summed E-state index contributed by atoms with van der Waals surface area (Å²) in [4.78, 5) is 5.17. The first kappa shape index (κ1) is 9.36. The summed E-state index contributed by atoms with van der Waals surface area (Å²) in [6, 6.07) is 7.46. The molecule has 0 saturated carbocycles. The topological polar surface area (TPSA) is 21.3 Å². The summed E-state index contributed by atoms with van der Waals surface area (Å²) >= 11 is 5.87. The number of halogens is 1. The van der Waals surface area contributed by atoms with E-state index in [0.29, 0.717) is 5.02 Å². The van der Waals surface area contributed by atoms with Crippen molar-refractivity contribution < 1.29 is 4.84 Å². The van der Waals surface area contributed by atoms with Crippen molar-refractivity contribution in [2.45, 2.75) is 20.0 Å². The Labute approximate surface area is 77.4 Å². The van der Waals surface area contributed by atoms with Crippen molar-refractivity contribution in [3.63, 3.8) is 0 Å². The largest absolute Gasteiger partial charge is 0.273 e. The van der Waals surface area contributed by atoms with Crippen LogP contribution in [0.25, 0.3) is 0 Å². The number of rotatable bonds is 3. The number of para-hydroxylation sites is 1. The Bertz CT molecular complexity index is 250. The van der Waals surface area contributed by atoms with Crippen molar-refractivity contribution in [3.8, 4) is 0 Å². The smallest absolute Gasteiger partial charge is 0.0797 e. The molecule has 0 aliphatic heterocycles. The molecular formula is C9H12ClNO. The second kappa shape index (κ2) is 4.33. The molecule has 0 fully saturated rings. The summed E-state index contributed by atoms with van der Waals surface area (Å²) < 4.78 is 0. The number of hydrogen-bond donors (Lipinski definition) is 1. The molecule has 0 heterocycles. The molecule has 0 unspecified atom stereocenters. The van der Waals surface area contributed by atoms with Crippen molar-refractivity contribution in [2.75, 3.05) is 5.48 Å². The second-order valence-electron chi connectivity index (χ2n) is 2.75. The summed E-state index contributed by atoms with van der Waals surface area (Å²) in [6.07, 6.45) is 0.140. The highest BCUT2D eigenvalue weighted by atomic mass is 35.5. The molecule has 1 rings (SSSR count). The predicted molar refractivity (Wildman–Crippen MR) is 51.3 cm³/mol. The Morgan fingerprint density at radius 3 is 2.58 bits per heavy atom. The molecule has 12 heavy (non-hydrogen) atoms. The molecule has 3 heteroatoms. The molecule has 0 aliphatic rings. The molecule has 0 spiro atoms. The van der Waals surface area contributed by atoms with Crippen LogP contribution in [0.1, 0.15) is 13.8 Å². The Morgan fingerprint density at radius 1 is 1.33 bits per heavy atom. The van der Waals surface area contributed by atoms with Gasteiger partial charge in [-0.05, 0) is 26.0 Å². The molecule has 1 aromatic rings. The molecule has 2 nitrogen and oxygen atoms in total.